The van der Waals surface area contributed by atoms with Crippen LogP contribution < -0.4 is 0 Å². The first-order chi connectivity index (χ1) is 13.0. The van der Waals surface area contributed by atoms with Gasteiger partial charge in [0.15, 0.2) is 0 Å². The predicted octanol–water partition coefficient (Wildman–Crippen LogP) is 7.08. The molecular formula is C25H42O2. The molecule has 0 N–H and O–H groups in total. The average molecular weight is 375 g/mol. The van der Waals surface area contributed by atoms with Gasteiger partial charge in [0.2, 0.25) is 0 Å². The third-order valence-electron chi connectivity index (χ3n) is 7.85. The molecule has 0 aromatic rings. The zero-order valence-corrected chi connectivity index (χ0v) is 17.9. The first-order valence-electron chi connectivity index (χ1n) is 11.9. The van der Waals surface area contributed by atoms with Crippen molar-refractivity contribution < 1.29 is 9.53 Å². The predicted molar refractivity (Wildman–Crippen MR) is 112 cm³/mol. The quantitative estimate of drug-likeness (QED) is 0.367. The Labute approximate surface area is 167 Å². The normalized spacial score (nSPS) is 37.6. The summed E-state index contributed by atoms with van der Waals surface area (Å²) in [6, 6.07) is 0. The molecule has 27 heavy (non-hydrogen) atoms. The summed E-state index contributed by atoms with van der Waals surface area (Å²) in [7, 11) is 0. The second-order valence-corrected chi connectivity index (χ2v) is 10.3. The number of carbonyl (C=O) groups excluding carboxylic acids is 1. The van der Waals surface area contributed by atoms with Crippen LogP contribution in [0.15, 0.2) is 12.2 Å². The number of carbonyl (C=O) groups is 1. The highest BCUT2D eigenvalue weighted by atomic mass is 16.5. The van der Waals surface area contributed by atoms with Crippen LogP contribution in [0.2, 0.25) is 0 Å². The second kappa shape index (κ2) is 10.1. The highest BCUT2D eigenvalue weighted by Crippen LogP contribution is 2.41. The summed E-state index contributed by atoms with van der Waals surface area (Å²) >= 11 is 0. The average Bonchev–Trinajstić information content (AvgIpc) is 2.66. The molecule has 2 nitrogen and oxygen atoms in total. The highest BCUT2D eigenvalue weighted by Gasteiger charge is 2.29. The Morgan fingerprint density at radius 3 is 1.52 bits per heavy atom. The lowest BCUT2D eigenvalue weighted by Crippen LogP contribution is -2.26. The molecule has 2 heteroatoms. The number of hydrogen-bond acceptors (Lipinski definition) is 2. The van der Waals surface area contributed by atoms with Crippen molar-refractivity contribution in [2.75, 3.05) is 0 Å². The number of ether oxygens (including phenoxy) is 1. The Kier molecular flexibility index (Phi) is 7.85. The largest absolute Gasteiger partial charge is 0.459 e. The van der Waals surface area contributed by atoms with Gasteiger partial charge in [0.05, 0.1) is 0 Å². The molecule has 0 unspecified atom stereocenters. The van der Waals surface area contributed by atoms with E-state index < -0.39 is 0 Å². The zero-order chi connectivity index (χ0) is 19.2. The smallest absolute Gasteiger partial charge is 0.333 e. The van der Waals surface area contributed by atoms with Crippen molar-refractivity contribution in [2.24, 2.45) is 29.6 Å². The molecule has 0 atom stereocenters. The molecule has 0 radical (unpaired) electrons. The van der Waals surface area contributed by atoms with Gasteiger partial charge in [-0.05, 0) is 75.0 Å². The number of rotatable bonds is 6. The van der Waals surface area contributed by atoms with Gasteiger partial charge in [-0.25, -0.2) is 4.79 Å². The van der Waals surface area contributed by atoms with Crippen LogP contribution in [0.3, 0.4) is 0 Å². The molecule has 0 heterocycles. The first-order valence-corrected chi connectivity index (χ1v) is 11.9. The fraction of sp³-hybridized carbons (Fsp3) is 0.880. The van der Waals surface area contributed by atoms with Gasteiger partial charge in [0, 0.05) is 5.57 Å². The molecular weight excluding hydrogens is 332 g/mol. The van der Waals surface area contributed by atoms with E-state index in [-0.39, 0.29) is 12.1 Å². The van der Waals surface area contributed by atoms with Crippen LogP contribution in [0, 0.1) is 29.6 Å². The van der Waals surface area contributed by atoms with E-state index in [1.807, 2.05) is 0 Å². The van der Waals surface area contributed by atoms with Gasteiger partial charge in [-0.2, -0.15) is 0 Å². The van der Waals surface area contributed by atoms with E-state index in [1.165, 1.54) is 77.0 Å². The summed E-state index contributed by atoms with van der Waals surface area (Å²) in [5.74, 6) is 4.68. The van der Waals surface area contributed by atoms with Gasteiger partial charge in [-0.15, -0.1) is 0 Å². The summed E-state index contributed by atoms with van der Waals surface area (Å²) in [5, 5.41) is 0. The Hall–Kier alpha value is -0.790. The molecule has 154 valence electrons. The summed E-state index contributed by atoms with van der Waals surface area (Å²) in [5.41, 5.74) is 0.525. The zero-order valence-electron chi connectivity index (χ0n) is 17.9. The summed E-state index contributed by atoms with van der Waals surface area (Å²) < 4.78 is 5.55. The minimum atomic E-state index is -0.204. The van der Waals surface area contributed by atoms with Crippen LogP contribution in [-0.2, 0) is 9.53 Å². The van der Waals surface area contributed by atoms with Gasteiger partial charge in [0.25, 0.3) is 0 Å². The lowest BCUT2D eigenvalue weighted by Gasteiger charge is -2.36. The molecule has 0 aromatic heterocycles. The molecule has 3 rings (SSSR count). The Morgan fingerprint density at radius 1 is 0.741 bits per heavy atom. The molecule has 3 saturated carbocycles. The summed E-state index contributed by atoms with van der Waals surface area (Å²) in [6.07, 6.45) is 19.6. The third kappa shape index (κ3) is 6.64. The maximum absolute atomic E-state index is 11.7. The van der Waals surface area contributed by atoms with Gasteiger partial charge in [-0.1, -0.05) is 64.9 Å². The molecule has 0 aromatic carbocycles. The van der Waals surface area contributed by atoms with Crippen molar-refractivity contribution in [3.05, 3.63) is 12.2 Å². The minimum absolute atomic E-state index is 0.138. The van der Waals surface area contributed by atoms with Gasteiger partial charge in [-0.3, -0.25) is 0 Å². The lowest BCUT2D eigenvalue weighted by atomic mass is 9.71. The Bertz CT molecular complexity index is 473. The second-order valence-electron chi connectivity index (χ2n) is 10.3. The molecule has 3 aliphatic rings. The Morgan fingerprint density at radius 2 is 1.11 bits per heavy atom. The van der Waals surface area contributed by atoms with Crippen molar-refractivity contribution in [2.45, 2.75) is 110 Å². The molecule has 3 aliphatic carbocycles. The highest BCUT2D eigenvalue weighted by molar-refractivity contribution is 5.87. The van der Waals surface area contributed by atoms with Crippen molar-refractivity contribution in [3.8, 4) is 0 Å². The summed E-state index contributed by atoms with van der Waals surface area (Å²) in [6.45, 7) is 7.85. The van der Waals surface area contributed by atoms with Gasteiger partial charge < -0.3 is 4.74 Å². The van der Waals surface area contributed by atoms with Crippen LogP contribution in [-0.4, -0.2) is 12.1 Å². The maximum Gasteiger partial charge on any atom is 0.333 e. The molecule has 0 spiro atoms. The fourth-order valence-corrected chi connectivity index (χ4v) is 5.95. The van der Waals surface area contributed by atoms with E-state index in [4.69, 9.17) is 4.74 Å². The van der Waals surface area contributed by atoms with Crippen molar-refractivity contribution in [1.82, 2.24) is 0 Å². The van der Waals surface area contributed by atoms with E-state index >= 15 is 0 Å². The molecule has 0 amide bonds. The summed E-state index contributed by atoms with van der Waals surface area (Å²) in [4.78, 5) is 11.7. The van der Waals surface area contributed by atoms with E-state index in [0.717, 1.165) is 42.4 Å². The molecule has 0 bridgehead atoms. The van der Waals surface area contributed by atoms with Crippen LogP contribution in [0.4, 0.5) is 0 Å². The van der Waals surface area contributed by atoms with E-state index in [0.29, 0.717) is 5.57 Å². The van der Waals surface area contributed by atoms with E-state index in [2.05, 4.69) is 13.5 Å². The minimum Gasteiger partial charge on any atom is -0.459 e. The van der Waals surface area contributed by atoms with Crippen LogP contribution >= 0.6 is 0 Å². The monoisotopic (exact) mass is 374 g/mol. The number of esters is 1. The van der Waals surface area contributed by atoms with Crippen molar-refractivity contribution in [1.29, 1.82) is 0 Å². The third-order valence-corrected chi connectivity index (χ3v) is 7.85. The fourth-order valence-electron chi connectivity index (χ4n) is 5.95. The van der Waals surface area contributed by atoms with E-state index in [1.54, 1.807) is 6.92 Å². The lowest BCUT2D eigenvalue weighted by molar-refractivity contribution is -0.146. The molecule has 0 aliphatic heterocycles. The standard InChI is InChI=1S/C25H42O2/c1-18(2)25(26)27-24-14-12-23(13-15-24)17-22-10-8-21(9-11-22)16-20-6-4-19(3)5-7-20/h19-24H,1,4-17H2,2-3H3. The molecule has 3 fully saturated rings. The molecule has 0 saturated heterocycles. The van der Waals surface area contributed by atoms with Gasteiger partial charge >= 0.3 is 5.97 Å². The van der Waals surface area contributed by atoms with Crippen LogP contribution in [0.1, 0.15) is 104 Å². The number of hydrogen-bond donors (Lipinski definition) is 0. The van der Waals surface area contributed by atoms with Gasteiger partial charge in [0.1, 0.15) is 6.10 Å². The van der Waals surface area contributed by atoms with Crippen LogP contribution in [0.25, 0.3) is 0 Å². The Balaban J connectivity index is 1.30. The first kappa shape index (κ1) is 20.9. The maximum atomic E-state index is 11.7. The van der Waals surface area contributed by atoms with E-state index in [9.17, 15) is 4.79 Å². The van der Waals surface area contributed by atoms with Crippen molar-refractivity contribution >= 4 is 5.97 Å². The topological polar surface area (TPSA) is 26.3 Å². The van der Waals surface area contributed by atoms with Crippen molar-refractivity contribution in [3.63, 3.8) is 0 Å². The van der Waals surface area contributed by atoms with Crippen LogP contribution in [0.5, 0.6) is 0 Å². The SMILES string of the molecule is C=C(C)C(=O)OC1CCC(CC2CCC(CC3CCC(C)CC3)CC2)CC1.